The van der Waals surface area contributed by atoms with Gasteiger partial charge < -0.3 is 5.32 Å². The standard InChI is InChI=1S/C17H24N4/c1-13-6-4-8-16(20-13)21-11-15(19-12-21)17(2)10-14(17)7-5-9-18-3/h4,6,8,11-12,14,18H,5,7,9-10H2,1-3H3. The second-order valence-corrected chi connectivity index (χ2v) is 6.37. The van der Waals surface area contributed by atoms with Crippen molar-refractivity contribution in [1.29, 1.82) is 0 Å². The molecule has 2 heterocycles. The van der Waals surface area contributed by atoms with Gasteiger partial charge in [0.1, 0.15) is 12.1 Å². The van der Waals surface area contributed by atoms with Crippen molar-refractivity contribution >= 4 is 0 Å². The van der Waals surface area contributed by atoms with Gasteiger partial charge in [-0.05, 0) is 57.8 Å². The molecule has 0 aromatic carbocycles. The number of hydrogen-bond donors (Lipinski definition) is 1. The van der Waals surface area contributed by atoms with Crippen molar-refractivity contribution in [1.82, 2.24) is 19.9 Å². The normalized spacial score (nSPS) is 24.2. The fourth-order valence-corrected chi connectivity index (χ4v) is 3.13. The van der Waals surface area contributed by atoms with Crippen LogP contribution in [0.5, 0.6) is 0 Å². The lowest BCUT2D eigenvalue weighted by Crippen LogP contribution is -2.10. The first-order valence-corrected chi connectivity index (χ1v) is 7.76. The first-order chi connectivity index (χ1) is 10.1. The summed E-state index contributed by atoms with van der Waals surface area (Å²) in [4.78, 5) is 9.20. The smallest absolute Gasteiger partial charge is 0.138 e. The van der Waals surface area contributed by atoms with Crippen molar-refractivity contribution in [3.63, 3.8) is 0 Å². The van der Waals surface area contributed by atoms with Crippen LogP contribution >= 0.6 is 0 Å². The van der Waals surface area contributed by atoms with Crippen LogP contribution in [0.4, 0.5) is 0 Å². The van der Waals surface area contributed by atoms with Gasteiger partial charge >= 0.3 is 0 Å². The predicted molar refractivity (Wildman–Crippen MR) is 84.7 cm³/mol. The zero-order chi connectivity index (χ0) is 14.9. The van der Waals surface area contributed by atoms with Crippen molar-refractivity contribution < 1.29 is 0 Å². The molecule has 0 spiro atoms. The van der Waals surface area contributed by atoms with Crippen LogP contribution in [0.1, 0.15) is 37.6 Å². The van der Waals surface area contributed by atoms with E-state index in [1.165, 1.54) is 25.0 Å². The topological polar surface area (TPSA) is 42.7 Å². The number of aromatic nitrogens is 3. The van der Waals surface area contributed by atoms with E-state index in [0.717, 1.165) is 24.0 Å². The molecule has 0 bridgehead atoms. The third-order valence-corrected chi connectivity index (χ3v) is 4.70. The average molecular weight is 284 g/mol. The van der Waals surface area contributed by atoms with E-state index in [2.05, 4.69) is 28.4 Å². The minimum absolute atomic E-state index is 0.267. The summed E-state index contributed by atoms with van der Waals surface area (Å²) in [6.07, 6.45) is 7.84. The van der Waals surface area contributed by atoms with E-state index in [9.17, 15) is 0 Å². The van der Waals surface area contributed by atoms with Crippen LogP contribution in [0.25, 0.3) is 5.82 Å². The van der Waals surface area contributed by atoms with E-state index in [0.29, 0.717) is 0 Å². The van der Waals surface area contributed by atoms with Crippen LogP contribution in [0.2, 0.25) is 0 Å². The molecule has 1 saturated carbocycles. The Morgan fingerprint density at radius 1 is 1.43 bits per heavy atom. The highest BCUT2D eigenvalue weighted by Crippen LogP contribution is 2.55. The van der Waals surface area contributed by atoms with Crippen LogP contribution in [-0.2, 0) is 5.41 Å². The van der Waals surface area contributed by atoms with Crippen molar-refractivity contribution in [2.75, 3.05) is 13.6 Å². The fraction of sp³-hybridized carbons (Fsp3) is 0.529. The van der Waals surface area contributed by atoms with Gasteiger partial charge in [0, 0.05) is 17.3 Å². The largest absolute Gasteiger partial charge is 0.320 e. The number of imidazole rings is 1. The molecule has 2 atom stereocenters. The second-order valence-electron chi connectivity index (χ2n) is 6.37. The molecule has 4 nitrogen and oxygen atoms in total. The Hall–Kier alpha value is -1.68. The van der Waals surface area contributed by atoms with Gasteiger partial charge in [-0.3, -0.25) is 4.57 Å². The molecule has 112 valence electrons. The fourth-order valence-electron chi connectivity index (χ4n) is 3.13. The molecule has 0 aliphatic heterocycles. The molecule has 1 N–H and O–H groups in total. The quantitative estimate of drug-likeness (QED) is 0.829. The lowest BCUT2D eigenvalue weighted by Gasteiger charge is -2.08. The van der Waals surface area contributed by atoms with Gasteiger partial charge in [0.15, 0.2) is 0 Å². The van der Waals surface area contributed by atoms with Gasteiger partial charge in [-0.15, -0.1) is 0 Å². The Morgan fingerprint density at radius 3 is 3.05 bits per heavy atom. The summed E-state index contributed by atoms with van der Waals surface area (Å²) in [5.41, 5.74) is 2.51. The maximum Gasteiger partial charge on any atom is 0.138 e. The number of rotatable bonds is 6. The van der Waals surface area contributed by atoms with Gasteiger partial charge in [0.05, 0.1) is 5.69 Å². The minimum Gasteiger partial charge on any atom is -0.320 e. The molecule has 21 heavy (non-hydrogen) atoms. The van der Waals surface area contributed by atoms with E-state index in [4.69, 9.17) is 0 Å². The van der Waals surface area contributed by atoms with Crippen LogP contribution in [0.3, 0.4) is 0 Å². The summed E-state index contributed by atoms with van der Waals surface area (Å²) in [6.45, 7) is 5.46. The van der Waals surface area contributed by atoms with Gasteiger partial charge in [-0.25, -0.2) is 9.97 Å². The molecule has 2 unspecified atom stereocenters. The SMILES string of the molecule is CNCCCC1CC1(C)c1cn(-c2cccc(C)n2)cn1. The van der Waals surface area contributed by atoms with E-state index in [1.54, 1.807) is 0 Å². The highest BCUT2D eigenvalue weighted by Gasteiger charge is 2.51. The molecule has 0 amide bonds. The third kappa shape index (κ3) is 2.86. The van der Waals surface area contributed by atoms with Crippen LogP contribution in [-0.4, -0.2) is 28.1 Å². The minimum atomic E-state index is 0.267. The van der Waals surface area contributed by atoms with Crippen molar-refractivity contribution in [3.05, 3.63) is 42.1 Å². The summed E-state index contributed by atoms with van der Waals surface area (Å²) in [6, 6.07) is 6.08. The number of nitrogens with zero attached hydrogens (tertiary/aromatic N) is 3. The predicted octanol–water partition coefficient (Wildman–Crippen LogP) is 2.85. The summed E-state index contributed by atoms with van der Waals surface area (Å²) in [7, 11) is 2.02. The van der Waals surface area contributed by atoms with E-state index in [-0.39, 0.29) is 5.41 Å². The van der Waals surface area contributed by atoms with E-state index >= 15 is 0 Å². The van der Waals surface area contributed by atoms with Crippen LogP contribution < -0.4 is 5.32 Å². The number of hydrogen-bond acceptors (Lipinski definition) is 3. The molecular formula is C17H24N4. The molecule has 0 radical (unpaired) electrons. The molecule has 2 aromatic rings. The summed E-state index contributed by atoms with van der Waals surface area (Å²) in [5.74, 6) is 1.73. The zero-order valence-corrected chi connectivity index (χ0v) is 13.1. The summed E-state index contributed by atoms with van der Waals surface area (Å²) >= 11 is 0. The Bertz CT molecular complexity index is 619. The Kier molecular flexibility index (Phi) is 3.81. The molecular weight excluding hydrogens is 260 g/mol. The lowest BCUT2D eigenvalue weighted by molar-refractivity contribution is 0.564. The Labute approximate surface area is 126 Å². The van der Waals surface area contributed by atoms with Gasteiger partial charge in [-0.1, -0.05) is 13.0 Å². The van der Waals surface area contributed by atoms with Gasteiger partial charge in [-0.2, -0.15) is 0 Å². The molecule has 1 fully saturated rings. The average Bonchev–Trinajstić information content (AvgIpc) is 2.91. The molecule has 1 aliphatic carbocycles. The number of aryl methyl sites for hydroxylation is 1. The van der Waals surface area contributed by atoms with Crippen molar-refractivity contribution in [3.8, 4) is 5.82 Å². The Balaban J connectivity index is 1.71. The third-order valence-electron chi connectivity index (χ3n) is 4.70. The van der Waals surface area contributed by atoms with Gasteiger partial charge in [0.2, 0.25) is 0 Å². The highest BCUT2D eigenvalue weighted by molar-refractivity contribution is 5.30. The van der Waals surface area contributed by atoms with Crippen LogP contribution in [0.15, 0.2) is 30.7 Å². The highest BCUT2D eigenvalue weighted by atomic mass is 15.1. The maximum atomic E-state index is 4.64. The second kappa shape index (κ2) is 5.60. The first kappa shape index (κ1) is 14.3. The van der Waals surface area contributed by atoms with Crippen molar-refractivity contribution in [2.24, 2.45) is 5.92 Å². The summed E-state index contributed by atoms with van der Waals surface area (Å²) < 4.78 is 2.04. The Morgan fingerprint density at radius 2 is 2.29 bits per heavy atom. The van der Waals surface area contributed by atoms with Crippen LogP contribution in [0, 0.1) is 12.8 Å². The lowest BCUT2D eigenvalue weighted by atomic mass is 10.0. The first-order valence-electron chi connectivity index (χ1n) is 7.76. The summed E-state index contributed by atoms with van der Waals surface area (Å²) in [5, 5.41) is 3.22. The zero-order valence-electron chi connectivity index (χ0n) is 13.1. The monoisotopic (exact) mass is 284 g/mol. The van der Waals surface area contributed by atoms with Crippen molar-refractivity contribution in [2.45, 2.75) is 38.5 Å². The number of pyridine rings is 1. The molecule has 1 aliphatic rings. The van der Waals surface area contributed by atoms with E-state index < -0.39 is 0 Å². The molecule has 4 heteroatoms. The van der Waals surface area contributed by atoms with E-state index in [1.807, 2.05) is 43.1 Å². The molecule has 3 rings (SSSR count). The number of nitrogens with one attached hydrogen (secondary N) is 1. The molecule has 0 saturated heterocycles. The molecule has 2 aromatic heterocycles. The maximum absolute atomic E-state index is 4.64. The van der Waals surface area contributed by atoms with Gasteiger partial charge in [0.25, 0.3) is 0 Å².